The molecule has 7 nitrogen and oxygen atoms in total. The van der Waals surface area contributed by atoms with Gasteiger partial charge in [0.25, 0.3) is 5.91 Å². The molecule has 0 atom stereocenters. The maximum atomic E-state index is 12.6. The minimum Gasteiger partial charge on any atom is -0.474 e. The Morgan fingerprint density at radius 1 is 1.42 bits per heavy atom. The quantitative estimate of drug-likeness (QED) is 0.889. The van der Waals surface area contributed by atoms with Crippen molar-refractivity contribution in [2.75, 3.05) is 23.2 Å². The predicted octanol–water partition coefficient (Wildman–Crippen LogP) is 1.79. The molecule has 1 N–H and O–H groups in total. The number of anilines is 1. The number of carbonyl (C=O) groups excluding carboxylic acids is 1. The number of hydrogen-bond acceptors (Lipinski definition) is 5. The van der Waals surface area contributed by atoms with Gasteiger partial charge in [-0.1, -0.05) is 13.8 Å². The molecule has 0 aliphatic carbocycles. The van der Waals surface area contributed by atoms with Crippen LogP contribution in [0.2, 0.25) is 0 Å². The van der Waals surface area contributed by atoms with Crippen LogP contribution in [0.3, 0.4) is 0 Å². The molecule has 24 heavy (non-hydrogen) atoms. The SMILES string of the molecule is CC(C)CS(=O)(=O)N1CCOc2ncc(C(=O)NC(C)(C)C)cc21. The zero-order valence-electron chi connectivity index (χ0n) is 14.8. The van der Waals surface area contributed by atoms with Crippen molar-refractivity contribution in [2.45, 2.75) is 40.2 Å². The van der Waals surface area contributed by atoms with Crippen LogP contribution in [0.4, 0.5) is 5.69 Å². The average Bonchev–Trinajstić information content (AvgIpc) is 2.42. The summed E-state index contributed by atoms with van der Waals surface area (Å²) in [7, 11) is -3.49. The molecule has 0 saturated carbocycles. The summed E-state index contributed by atoms with van der Waals surface area (Å²) in [4.78, 5) is 16.4. The largest absolute Gasteiger partial charge is 0.474 e. The number of carbonyl (C=O) groups is 1. The van der Waals surface area contributed by atoms with Crippen molar-refractivity contribution in [1.82, 2.24) is 10.3 Å². The van der Waals surface area contributed by atoms with Gasteiger partial charge in [0.15, 0.2) is 0 Å². The molecule has 2 heterocycles. The van der Waals surface area contributed by atoms with Crippen molar-refractivity contribution in [2.24, 2.45) is 5.92 Å². The highest BCUT2D eigenvalue weighted by molar-refractivity contribution is 7.92. The van der Waals surface area contributed by atoms with E-state index in [1.807, 2.05) is 34.6 Å². The zero-order chi connectivity index (χ0) is 18.1. The second-order valence-corrected chi connectivity index (χ2v) is 9.28. The third kappa shape index (κ3) is 4.37. The lowest BCUT2D eigenvalue weighted by molar-refractivity contribution is 0.0919. The van der Waals surface area contributed by atoms with E-state index in [2.05, 4.69) is 10.3 Å². The Labute approximate surface area is 143 Å². The Morgan fingerprint density at radius 3 is 2.67 bits per heavy atom. The Kier molecular flexibility index (Phi) is 5.08. The number of rotatable bonds is 4. The van der Waals surface area contributed by atoms with Gasteiger partial charge in [0.2, 0.25) is 15.9 Å². The number of amides is 1. The third-order valence-corrected chi connectivity index (χ3v) is 5.40. The van der Waals surface area contributed by atoms with Crippen molar-refractivity contribution in [3.8, 4) is 5.88 Å². The summed E-state index contributed by atoms with van der Waals surface area (Å²) in [5.74, 6) is -0.0303. The monoisotopic (exact) mass is 355 g/mol. The van der Waals surface area contributed by atoms with E-state index in [9.17, 15) is 13.2 Å². The average molecular weight is 355 g/mol. The highest BCUT2D eigenvalue weighted by atomic mass is 32.2. The van der Waals surface area contributed by atoms with Gasteiger partial charge in [-0.3, -0.25) is 9.10 Å². The van der Waals surface area contributed by atoms with Gasteiger partial charge in [0, 0.05) is 11.7 Å². The summed E-state index contributed by atoms with van der Waals surface area (Å²) < 4.78 is 32.0. The molecular weight excluding hydrogens is 330 g/mol. The fourth-order valence-electron chi connectivity index (χ4n) is 2.41. The van der Waals surface area contributed by atoms with Crippen LogP contribution in [0.15, 0.2) is 12.3 Å². The highest BCUT2D eigenvalue weighted by Gasteiger charge is 2.31. The molecule has 8 heteroatoms. The highest BCUT2D eigenvalue weighted by Crippen LogP contribution is 2.32. The van der Waals surface area contributed by atoms with Crippen molar-refractivity contribution >= 4 is 21.6 Å². The maximum Gasteiger partial charge on any atom is 0.253 e. The van der Waals surface area contributed by atoms with Crippen molar-refractivity contribution in [3.05, 3.63) is 17.8 Å². The first-order valence-electron chi connectivity index (χ1n) is 7.95. The van der Waals surface area contributed by atoms with Gasteiger partial charge in [-0.2, -0.15) is 0 Å². The van der Waals surface area contributed by atoms with Crippen LogP contribution in [-0.2, 0) is 10.0 Å². The van der Waals surface area contributed by atoms with Crippen LogP contribution in [0.5, 0.6) is 5.88 Å². The van der Waals surface area contributed by atoms with E-state index in [1.54, 1.807) is 0 Å². The molecule has 0 aromatic carbocycles. The van der Waals surface area contributed by atoms with E-state index in [-0.39, 0.29) is 36.6 Å². The van der Waals surface area contributed by atoms with Crippen LogP contribution >= 0.6 is 0 Å². The second kappa shape index (κ2) is 6.58. The Bertz CT molecular complexity index is 723. The van der Waals surface area contributed by atoms with Crippen LogP contribution < -0.4 is 14.4 Å². The molecule has 0 fully saturated rings. The molecule has 2 rings (SSSR count). The van der Waals surface area contributed by atoms with E-state index in [1.165, 1.54) is 16.6 Å². The summed E-state index contributed by atoms with van der Waals surface area (Å²) in [5, 5.41) is 2.84. The van der Waals surface area contributed by atoms with Gasteiger partial charge in [0.1, 0.15) is 12.3 Å². The summed E-state index contributed by atoms with van der Waals surface area (Å²) in [6, 6.07) is 1.53. The fourth-order valence-corrected chi connectivity index (χ4v) is 4.22. The zero-order valence-corrected chi connectivity index (χ0v) is 15.6. The topological polar surface area (TPSA) is 88.6 Å². The Balaban J connectivity index is 2.38. The number of sulfonamides is 1. The lowest BCUT2D eigenvalue weighted by atomic mass is 10.1. The normalized spacial score (nSPS) is 15.0. The van der Waals surface area contributed by atoms with E-state index >= 15 is 0 Å². The summed E-state index contributed by atoms with van der Waals surface area (Å²) in [6.07, 6.45) is 1.40. The minimum absolute atomic E-state index is 0.00151. The van der Waals surface area contributed by atoms with Crippen LogP contribution in [0.25, 0.3) is 0 Å². The van der Waals surface area contributed by atoms with Crippen molar-refractivity contribution in [1.29, 1.82) is 0 Å². The lowest BCUT2D eigenvalue weighted by Crippen LogP contribution is -2.42. The van der Waals surface area contributed by atoms with Gasteiger partial charge in [-0.25, -0.2) is 13.4 Å². The number of nitrogens with zero attached hydrogens (tertiary/aromatic N) is 2. The van der Waals surface area contributed by atoms with E-state index < -0.39 is 15.6 Å². The van der Waals surface area contributed by atoms with Gasteiger partial charge < -0.3 is 10.1 Å². The van der Waals surface area contributed by atoms with E-state index in [0.29, 0.717) is 11.3 Å². The molecule has 1 aromatic heterocycles. The molecule has 1 aliphatic heterocycles. The number of ether oxygens (including phenoxy) is 1. The lowest BCUT2D eigenvalue weighted by Gasteiger charge is -2.30. The van der Waals surface area contributed by atoms with Gasteiger partial charge in [0.05, 0.1) is 17.9 Å². The summed E-state index contributed by atoms with van der Waals surface area (Å²) >= 11 is 0. The molecule has 0 saturated heterocycles. The molecule has 1 amide bonds. The number of hydrogen-bond donors (Lipinski definition) is 1. The maximum absolute atomic E-state index is 12.6. The number of pyridine rings is 1. The first-order valence-corrected chi connectivity index (χ1v) is 9.56. The number of aromatic nitrogens is 1. The molecule has 1 aromatic rings. The Hall–Kier alpha value is -1.83. The second-order valence-electron chi connectivity index (χ2n) is 7.35. The third-order valence-electron chi connectivity index (χ3n) is 3.26. The smallest absolute Gasteiger partial charge is 0.253 e. The molecule has 1 aliphatic rings. The van der Waals surface area contributed by atoms with Gasteiger partial charge >= 0.3 is 0 Å². The first kappa shape index (κ1) is 18.5. The van der Waals surface area contributed by atoms with Crippen molar-refractivity contribution in [3.63, 3.8) is 0 Å². The van der Waals surface area contributed by atoms with Crippen molar-refractivity contribution < 1.29 is 17.9 Å². The van der Waals surface area contributed by atoms with Gasteiger partial charge in [-0.05, 0) is 32.8 Å². The Morgan fingerprint density at radius 2 is 2.08 bits per heavy atom. The molecular formula is C16H25N3O4S. The van der Waals surface area contributed by atoms with E-state index in [4.69, 9.17) is 4.74 Å². The van der Waals surface area contributed by atoms with Crippen LogP contribution in [-0.4, -0.2) is 43.8 Å². The predicted molar refractivity (Wildman–Crippen MR) is 92.9 cm³/mol. The summed E-state index contributed by atoms with van der Waals surface area (Å²) in [5.41, 5.74) is 0.231. The number of fused-ring (bicyclic) bond motifs is 1. The minimum atomic E-state index is -3.49. The summed E-state index contributed by atoms with van der Waals surface area (Å²) in [6.45, 7) is 9.78. The molecule has 0 unspecified atom stereocenters. The number of nitrogens with one attached hydrogen (secondary N) is 1. The molecule has 0 radical (unpaired) electrons. The van der Waals surface area contributed by atoms with Crippen LogP contribution in [0.1, 0.15) is 45.0 Å². The van der Waals surface area contributed by atoms with Gasteiger partial charge in [-0.15, -0.1) is 0 Å². The van der Waals surface area contributed by atoms with Crippen LogP contribution in [0, 0.1) is 5.92 Å². The first-order chi connectivity index (χ1) is 11.0. The fraction of sp³-hybridized carbons (Fsp3) is 0.625. The molecule has 134 valence electrons. The van der Waals surface area contributed by atoms with E-state index in [0.717, 1.165) is 0 Å². The standard InChI is InChI=1S/C16H25N3O4S/c1-11(2)10-24(21,22)19-6-7-23-15-13(19)8-12(9-17-15)14(20)18-16(3,4)5/h8-9,11H,6-7,10H2,1-5H3,(H,18,20). The molecule has 0 bridgehead atoms. The molecule has 0 spiro atoms.